The molecule has 0 aliphatic heterocycles. The van der Waals surface area contributed by atoms with Gasteiger partial charge in [0.2, 0.25) is 0 Å². The molecule has 0 N–H and O–H groups in total. The summed E-state index contributed by atoms with van der Waals surface area (Å²) in [6, 6.07) is -0.923. The van der Waals surface area contributed by atoms with Gasteiger partial charge in [0.25, 0.3) is 0 Å². The number of halogens is 23. The van der Waals surface area contributed by atoms with Crippen molar-refractivity contribution in [3.05, 3.63) is 88.5 Å². The van der Waals surface area contributed by atoms with Gasteiger partial charge in [-0.15, -0.1) is 0 Å². The average Bonchev–Trinajstić information content (AvgIpc) is 3.60. The predicted octanol–water partition coefficient (Wildman–Crippen LogP) is 12.6. The predicted molar refractivity (Wildman–Crippen MR) is 165 cm³/mol. The van der Waals surface area contributed by atoms with Crippen LogP contribution in [-0.4, -0.2) is 44.3 Å². The minimum atomic E-state index is -6.55. The van der Waals surface area contributed by atoms with Crippen molar-refractivity contribution >= 4 is 61.1 Å². The Kier molecular flexibility index (Phi) is 12.5. The molecule has 4 rings (SSSR count). The number of alkyl halides is 20. The molecule has 4 nitrogen and oxygen atoms in total. The maximum absolute atomic E-state index is 14.2. The Morgan fingerprint density at radius 3 is 1.11 bits per heavy atom. The molecule has 0 fully saturated rings. The average molecular weight is 1110 g/mol. The fraction of sp³-hybridized carbons (Fsp3) is 0.333. The molecule has 2 heterocycles. The number of rotatable bonds is 4. The molecule has 2 aromatic carbocycles. The molecule has 0 aliphatic rings. The van der Waals surface area contributed by atoms with E-state index in [0.717, 1.165) is 31.7 Å². The lowest BCUT2D eigenvalue weighted by molar-refractivity contribution is -0.349. The van der Waals surface area contributed by atoms with Gasteiger partial charge in [-0.1, -0.05) is 6.07 Å². The largest absolute Gasteiger partial charge is 0.435 e. The highest BCUT2D eigenvalue weighted by molar-refractivity contribution is 14.1. The first-order valence-corrected chi connectivity index (χ1v) is 16.1. The van der Waals surface area contributed by atoms with Crippen molar-refractivity contribution in [3.63, 3.8) is 0 Å². The third-order valence-corrected chi connectivity index (χ3v) is 8.61. The molecule has 0 unspecified atom stereocenters. The van der Waals surface area contributed by atoms with Crippen LogP contribution < -0.4 is 0 Å². The molecule has 300 valence electrons. The monoisotopic (exact) mass is 1100 g/mol. The Balaban J connectivity index is 0.000000290. The minimum absolute atomic E-state index is 0.0000973. The van der Waals surface area contributed by atoms with Crippen LogP contribution in [0.3, 0.4) is 0 Å². The standard InChI is InChI=1S/C14H7F10IN2.C13H4BrF10IN2/c1-6-2-7(11(15,13(19,20)21)14(22,23)24)3-9(12(16,17)18)10(6)27-5-8(25)4-26-27;14-8-2-5(10(15,12(19,20)21)13(22,23)24)1-7(11(16,17)18)9(8)27-4-6(25)3-26-27/h2-5H,1H3;1-4H. The van der Waals surface area contributed by atoms with Crippen LogP contribution >= 0.6 is 61.1 Å². The summed E-state index contributed by atoms with van der Waals surface area (Å²) >= 11 is 5.86. The summed E-state index contributed by atoms with van der Waals surface area (Å²) in [6.07, 6.45) is -32.6. The van der Waals surface area contributed by atoms with Crippen LogP contribution in [0.1, 0.15) is 27.8 Å². The van der Waals surface area contributed by atoms with E-state index in [1.54, 1.807) is 45.2 Å². The molecule has 0 saturated carbocycles. The van der Waals surface area contributed by atoms with Crippen LogP contribution in [0.4, 0.5) is 87.8 Å². The lowest BCUT2D eigenvalue weighted by Crippen LogP contribution is -2.50. The third-order valence-electron chi connectivity index (χ3n) is 6.89. The Hall–Kier alpha value is -2.60. The maximum atomic E-state index is 14.2. The van der Waals surface area contributed by atoms with Gasteiger partial charge in [-0.25, -0.2) is 18.1 Å². The van der Waals surface area contributed by atoms with Gasteiger partial charge in [-0.05, 0) is 91.8 Å². The summed E-state index contributed by atoms with van der Waals surface area (Å²) in [5.74, 6) is 0. The van der Waals surface area contributed by atoms with E-state index < -0.39 is 104 Å². The summed E-state index contributed by atoms with van der Waals surface area (Å²) in [4.78, 5) is 0. The highest BCUT2D eigenvalue weighted by Crippen LogP contribution is 2.56. The van der Waals surface area contributed by atoms with Gasteiger partial charge >= 0.3 is 48.4 Å². The molecule has 0 spiro atoms. The topological polar surface area (TPSA) is 35.6 Å². The number of hydrogen-bond donors (Lipinski definition) is 0. The number of aromatic nitrogens is 4. The van der Waals surface area contributed by atoms with E-state index in [1.807, 2.05) is 0 Å². The minimum Gasteiger partial charge on any atom is -0.239 e. The number of aryl methyl sites for hydroxylation is 1. The Bertz CT molecular complexity index is 1810. The normalized spacial score (nSPS) is 13.9. The van der Waals surface area contributed by atoms with Gasteiger partial charge in [0, 0.05) is 28.0 Å². The Morgan fingerprint density at radius 2 is 0.815 bits per heavy atom. The first-order chi connectivity index (χ1) is 24.0. The zero-order valence-electron chi connectivity index (χ0n) is 25.1. The first kappa shape index (κ1) is 45.8. The second-order valence-corrected chi connectivity index (χ2v) is 13.9. The van der Waals surface area contributed by atoms with Gasteiger partial charge in [0.05, 0.1) is 42.0 Å². The molecular weight excluding hydrogens is 1090 g/mol. The smallest absolute Gasteiger partial charge is 0.239 e. The van der Waals surface area contributed by atoms with Crippen molar-refractivity contribution in [1.82, 2.24) is 19.6 Å². The number of hydrogen-bond acceptors (Lipinski definition) is 2. The Morgan fingerprint density at radius 1 is 0.500 bits per heavy atom. The van der Waals surface area contributed by atoms with Crippen LogP contribution in [0, 0.1) is 14.1 Å². The lowest BCUT2D eigenvalue weighted by atomic mass is 9.90. The van der Waals surface area contributed by atoms with E-state index in [4.69, 9.17) is 0 Å². The van der Waals surface area contributed by atoms with Gasteiger partial charge < -0.3 is 0 Å². The molecule has 54 heavy (non-hydrogen) atoms. The van der Waals surface area contributed by atoms with Crippen LogP contribution in [-0.2, 0) is 23.7 Å². The molecule has 0 amide bonds. The van der Waals surface area contributed by atoms with Gasteiger partial charge in [-0.2, -0.15) is 89.2 Å². The number of benzene rings is 2. The summed E-state index contributed by atoms with van der Waals surface area (Å²) < 4.78 is 264. The quantitative estimate of drug-likeness (QED) is 0.151. The van der Waals surface area contributed by atoms with Crippen LogP contribution in [0.5, 0.6) is 0 Å². The lowest BCUT2D eigenvalue weighted by Gasteiger charge is -2.31. The SMILES string of the molecule is Cc1cc(C(F)(C(F)(F)F)C(F)(F)F)cc(C(F)(F)F)c1-n1cc(I)cn1.FC(F)(F)c1cc(C(F)(C(F)(F)F)C(F)(F)F)cc(Br)c1-n1cc(I)cn1. The van der Waals surface area contributed by atoms with E-state index in [9.17, 15) is 87.8 Å². The molecule has 4 aromatic rings. The first-order valence-electron chi connectivity index (χ1n) is 13.2. The summed E-state index contributed by atoms with van der Waals surface area (Å²) in [6.45, 7) is 0.829. The van der Waals surface area contributed by atoms with Crippen LogP contribution in [0.15, 0.2) is 53.5 Å². The second kappa shape index (κ2) is 14.7. The summed E-state index contributed by atoms with van der Waals surface area (Å²) in [5, 5.41) is 7.13. The highest BCUT2D eigenvalue weighted by atomic mass is 127. The second-order valence-electron chi connectivity index (χ2n) is 10.6. The van der Waals surface area contributed by atoms with Crippen molar-refractivity contribution in [3.8, 4) is 11.4 Å². The van der Waals surface area contributed by atoms with E-state index in [1.165, 1.54) is 0 Å². The van der Waals surface area contributed by atoms with Crippen LogP contribution in [0.2, 0.25) is 0 Å². The Labute approximate surface area is 322 Å². The van der Waals surface area contributed by atoms with Crippen molar-refractivity contribution < 1.29 is 87.8 Å². The number of nitrogens with zero attached hydrogens (tertiary/aromatic N) is 4. The molecule has 0 radical (unpaired) electrons. The molecule has 0 atom stereocenters. The molecular formula is C27H11BrF20I2N4. The van der Waals surface area contributed by atoms with Crippen molar-refractivity contribution in [1.29, 1.82) is 0 Å². The molecule has 0 saturated heterocycles. The zero-order valence-corrected chi connectivity index (χ0v) is 31.0. The van der Waals surface area contributed by atoms with Crippen molar-refractivity contribution in [2.24, 2.45) is 0 Å². The molecule has 27 heteroatoms. The van der Waals surface area contributed by atoms with Crippen molar-refractivity contribution in [2.75, 3.05) is 0 Å². The van der Waals surface area contributed by atoms with E-state index >= 15 is 0 Å². The zero-order chi connectivity index (χ0) is 42.0. The van der Waals surface area contributed by atoms with Gasteiger partial charge in [-0.3, -0.25) is 0 Å². The van der Waals surface area contributed by atoms with Crippen molar-refractivity contribution in [2.45, 2.75) is 55.3 Å². The summed E-state index contributed by atoms with van der Waals surface area (Å²) in [5.41, 5.74) is -22.6. The summed E-state index contributed by atoms with van der Waals surface area (Å²) in [7, 11) is 0. The third kappa shape index (κ3) is 8.69. The molecule has 0 bridgehead atoms. The van der Waals surface area contributed by atoms with E-state index in [0.29, 0.717) is 16.5 Å². The van der Waals surface area contributed by atoms with Crippen LogP contribution in [0.25, 0.3) is 11.4 Å². The van der Waals surface area contributed by atoms with E-state index in [2.05, 4.69) is 26.1 Å². The molecule has 2 aromatic heterocycles. The fourth-order valence-electron chi connectivity index (χ4n) is 4.57. The highest BCUT2D eigenvalue weighted by Gasteiger charge is 2.75. The fourth-order valence-corrected chi connectivity index (χ4v) is 5.99. The van der Waals surface area contributed by atoms with Gasteiger partial charge in [0.15, 0.2) is 0 Å². The maximum Gasteiger partial charge on any atom is 0.435 e. The van der Waals surface area contributed by atoms with Gasteiger partial charge in [0.1, 0.15) is 0 Å². The molecule has 0 aliphatic carbocycles. The van der Waals surface area contributed by atoms with E-state index in [-0.39, 0.29) is 12.1 Å².